The van der Waals surface area contributed by atoms with Crippen LogP contribution in [0.4, 0.5) is 5.82 Å². The molecule has 0 bridgehead atoms. The highest BCUT2D eigenvalue weighted by Crippen LogP contribution is 2.15. The number of anilines is 1. The van der Waals surface area contributed by atoms with Gasteiger partial charge in [-0.3, -0.25) is 9.59 Å². The van der Waals surface area contributed by atoms with Gasteiger partial charge in [0.25, 0.3) is 5.91 Å². The first-order valence-electron chi connectivity index (χ1n) is 7.72. The summed E-state index contributed by atoms with van der Waals surface area (Å²) >= 11 is 0. The molecule has 0 unspecified atom stereocenters. The molecule has 0 radical (unpaired) electrons. The molecule has 1 aromatic carbocycles. The summed E-state index contributed by atoms with van der Waals surface area (Å²) in [6, 6.07) is 11.0. The van der Waals surface area contributed by atoms with Gasteiger partial charge in [0, 0.05) is 31.3 Å². The molecule has 0 saturated carbocycles. The molecule has 0 spiro atoms. The standard InChI is InChI=1S/C18H19N3O2/c1-13-8-9-19-16(11-13)20-18(23)15-6-4-14(5-7-15)12-21-10-2-3-17(21)22/h4-9,11H,2-3,10,12H2,1H3,(H,19,20,23). The van der Waals surface area contributed by atoms with Crippen molar-refractivity contribution in [3.8, 4) is 0 Å². The summed E-state index contributed by atoms with van der Waals surface area (Å²) in [6.07, 6.45) is 3.24. The van der Waals surface area contributed by atoms with Crippen LogP contribution in [0, 0.1) is 6.92 Å². The van der Waals surface area contributed by atoms with Crippen molar-refractivity contribution >= 4 is 17.6 Å². The molecule has 3 rings (SSSR count). The van der Waals surface area contributed by atoms with Gasteiger partial charge >= 0.3 is 0 Å². The van der Waals surface area contributed by atoms with E-state index in [0.717, 1.165) is 24.1 Å². The first kappa shape index (κ1) is 15.2. The molecule has 0 atom stereocenters. The maximum Gasteiger partial charge on any atom is 0.256 e. The van der Waals surface area contributed by atoms with Gasteiger partial charge in [-0.2, -0.15) is 0 Å². The van der Waals surface area contributed by atoms with E-state index in [-0.39, 0.29) is 11.8 Å². The molecule has 1 aromatic heterocycles. The lowest BCUT2D eigenvalue weighted by molar-refractivity contribution is -0.128. The van der Waals surface area contributed by atoms with Gasteiger partial charge in [0.2, 0.25) is 5.91 Å². The molecule has 5 heteroatoms. The maximum absolute atomic E-state index is 12.2. The average Bonchev–Trinajstić information content (AvgIpc) is 2.93. The number of hydrogen-bond acceptors (Lipinski definition) is 3. The summed E-state index contributed by atoms with van der Waals surface area (Å²) < 4.78 is 0. The number of nitrogens with zero attached hydrogens (tertiary/aromatic N) is 2. The number of pyridine rings is 1. The summed E-state index contributed by atoms with van der Waals surface area (Å²) in [5, 5.41) is 2.78. The fraction of sp³-hybridized carbons (Fsp3) is 0.278. The highest BCUT2D eigenvalue weighted by molar-refractivity contribution is 6.03. The smallest absolute Gasteiger partial charge is 0.256 e. The quantitative estimate of drug-likeness (QED) is 0.944. The van der Waals surface area contributed by atoms with Crippen molar-refractivity contribution in [3.63, 3.8) is 0 Å². The number of carbonyl (C=O) groups excluding carboxylic acids is 2. The number of nitrogens with one attached hydrogen (secondary N) is 1. The normalized spacial score (nSPS) is 14.1. The predicted octanol–water partition coefficient (Wildman–Crippen LogP) is 2.76. The lowest BCUT2D eigenvalue weighted by Crippen LogP contribution is -2.23. The van der Waals surface area contributed by atoms with Gasteiger partial charge in [-0.05, 0) is 48.7 Å². The van der Waals surface area contributed by atoms with E-state index in [2.05, 4.69) is 10.3 Å². The second kappa shape index (κ2) is 6.60. The van der Waals surface area contributed by atoms with Crippen LogP contribution in [0.5, 0.6) is 0 Å². The summed E-state index contributed by atoms with van der Waals surface area (Å²) in [6.45, 7) is 3.38. The number of hydrogen-bond donors (Lipinski definition) is 1. The summed E-state index contributed by atoms with van der Waals surface area (Å²) in [5.41, 5.74) is 2.65. The number of benzene rings is 1. The lowest BCUT2D eigenvalue weighted by atomic mass is 10.1. The monoisotopic (exact) mass is 309 g/mol. The molecule has 118 valence electrons. The Bertz CT molecular complexity index is 725. The molecular formula is C18H19N3O2. The third-order valence-corrected chi connectivity index (χ3v) is 3.92. The van der Waals surface area contributed by atoms with Gasteiger partial charge < -0.3 is 10.2 Å². The topological polar surface area (TPSA) is 62.3 Å². The zero-order valence-corrected chi connectivity index (χ0v) is 13.1. The van der Waals surface area contributed by atoms with Crippen LogP contribution in [0.3, 0.4) is 0 Å². The van der Waals surface area contributed by atoms with Crippen LogP contribution in [0.25, 0.3) is 0 Å². The summed E-state index contributed by atoms with van der Waals surface area (Å²) in [7, 11) is 0. The SMILES string of the molecule is Cc1ccnc(NC(=O)c2ccc(CN3CCCC3=O)cc2)c1. The minimum atomic E-state index is -0.188. The Hall–Kier alpha value is -2.69. The highest BCUT2D eigenvalue weighted by atomic mass is 16.2. The van der Waals surface area contributed by atoms with E-state index in [0.29, 0.717) is 24.3 Å². The Morgan fingerprint density at radius 1 is 1.26 bits per heavy atom. The molecule has 5 nitrogen and oxygen atoms in total. The zero-order chi connectivity index (χ0) is 16.2. The average molecular weight is 309 g/mol. The molecule has 1 aliphatic heterocycles. The van der Waals surface area contributed by atoms with E-state index in [1.165, 1.54) is 0 Å². The fourth-order valence-corrected chi connectivity index (χ4v) is 2.65. The molecule has 2 amide bonds. The van der Waals surface area contributed by atoms with Crippen molar-refractivity contribution in [1.29, 1.82) is 0 Å². The number of carbonyl (C=O) groups is 2. The van der Waals surface area contributed by atoms with Crippen LogP contribution in [-0.2, 0) is 11.3 Å². The van der Waals surface area contributed by atoms with Crippen LogP contribution < -0.4 is 5.32 Å². The van der Waals surface area contributed by atoms with Crippen LogP contribution in [-0.4, -0.2) is 28.2 Å². The number of amides is 2. The van der Waals surface area contributed by atoms with E-state index < -0.39 is 0 Å². The van der Waals surface area contributed by atoms with Crippen LogP contribution in [0.15, 0.2) is 42.6 Å². The van der Waals surface area contributed by atoms with Gasteiger partial charge in [0.1, 0.15) is 5.82 Å². The Balaban J connectivity index is 1.64. The third-order valence-electron chi connectivity index (χ3n) is 3.92. The van der Waals surface area contributed by atoms with E-state index in [1.54, 1.807) is 18.3 Å². The van der Waals surface area contributed by atoms with Crippen molar-refractivity contribution in [1.82, 2.24) is 9.88 Å². The van der Waals surface area contributed by atoms with Crippen LogP contribution in [0.2, 0.25) is 0 Å². The molecule has 2 aromatic rings. The van der Waals surface area contributed by atoms with E-state index in [9.17, 15) is 9.59 Å². The Kier molecular flexibility index (Phi) is 4.37. The number of aryl methyl sites for hydroxylation is 1. The molecule has 23 heavy (non-hydrogen) atoms. The van der Waals surface area contributed by atoms with Gasteiger partial charge in [0.05, 0.1) is 0 Å². The zero-order valence-electron chi connectivity index (χ0n) is 13.1. The fourth-order valence-electron chi connectivity index (χ4n) is 2.65. The number of rotatable bonds is 4. The van der Waals surface area contributed by atoms with Crippen molar-refractivity contribution in [2.24, 2.45) is 0 Å². The van der Waals surface area contributed by atoms with Crippen molar-refractivity contribution in [3.05, 3.63) is 59.3 Å². The van der Waals surface area contributed by atoms with Crippen molar-refractivity contribution in [2.75, 3.05) is 11.9 Å². The van der Waals surface area contributed by atoms with Crippen molar-refractivity contribution in [2.45, 2.75) is 26.3 Å². The summed E-state index contributed by atoms with van der Waals surface area (Å²) in [4.78, 5) is 29.8. The highest BCUT2D eigenvalue weighted by Gasteiger charge is 2.20. The molecule has 0 aliphatic carbocycles. The van der Waals surface area contributed by atoms with Crippen molar-refractivity contribution < 1.29 is 9.59 Å². The maximum atomic E-state index is 12.2. The third kappa shape index (κ3) is 3.74. The van der Waals surface area contributed by atoms with E-state index in [4.69, 9.17) is 0 Å². The largest absolute Gasteiger partial charge is 0.338 e. The Morgan fingerprint density at radius 2 is 2.04 bits per heavy atom. The molecule has 1 fully saturated rings. The van der Waals surface area contributed by atoms with Crippen LogP contribution in [0.1, 0.15) is 34.3 Å². The van der Waals surface area contributed by atoms with Gasteiger partial charge in [0.15, 0.2) is 0 Å². The molecule has 1 aliphatic rings. The Morgan fingerprint density at radius 3 is 2.70 bits per heavy atom. The second-order valence-corrected chi connectivity index (χ2v) is 5.79. The van der Waals surface area contributed by atoms with Crippen LogP contribution >= 0.6 is 0 Å². The van der Waals surface area contributed by atoms with Gasteiger partial charge in [-0.1, -0.05) is 12.1 Å². The number of likely N-dealkylation sites (tertiary alicyclic amines) is 1. The minimum absolute atomic E-state index is 0.188. The molecule has 2 heterocycles. The molecule has 1 saturated heterocycles. The van der Waals surface area contributed by atoms with Gasteiger partial charge in [-0.15, -0.1) is 0 Å². The lowest BCUT2D eigenvalue weighted by Gasteiger charge is -2.15. The minimum Gasteiger partial charge on any atom is -0.338 e. The second-order valence-electron chi connectivity index (χ2n) is 5.79. The van der Waals surface area contributed by atoms with E-state index >= 15 is 0 Å². The Labute approximate surface area is 135 Å². The molecule has 1 N–H and O–H groups in total. The van der Waals surface area contributed by atoms with E-state index in [1.807, 2.05) is 36.1 Å². The first-order valence-corrected chi connectivity index (χ1v) is 7.72. The molecular weight excluding hydrogens is 290 g/mol. The van der Waals surface area contributed by atoms with Gasteiger partial charge in [-0.25, -0.2) is 4.98 Å². The number of aromatic nitrogens is 1. The first-order chi connectivity index (χ1) is 11.1. The summed E-state index contributed by atoms with van der Waals surface area (Å²) in [5.74, 6) is 0.561. The predicted molar refractivity (Wildman–Crippen MR) is 88.0 cm³/mol.